The fraction of sp³-hybridized carbons (Fsp3) is 0.538. The molecule has 18 heavy (non-hydrogen) atoms. The predicted molar refractivity (Wildman–Crippen MR) is 67.7 cm³/mol. The number of carbonyl (C=O) groups excluding carboxylic acids is 1. The van der Waals surface area contributed by atoms with Gasteiger partial charge in [-0.15, -0.1) is 0 Å². The smallest absolute Gasteiger partial charge is 0.224 e. The molecule has 0 bridgehead atoms. The zero-order chi connectivity index (χ0) is 13.0. The van der Waals surface area contributed by atoms with Gasteiger partial charge in [-0.05, 0) is 31.7 Å². The zero-order valence-electron chi connectivity index (χ0n) is 10.5. The number of aryl methyl sites for hydroxylation is 1. The van der Waals surface area contributed by atoms with E-state index in [-0.39, 0.29) is 12.5 Å². The first-order chi connectivity index (χ1) is 8.72. The molecule has 2 N–H and O–H groups in total. The van der Waals surface area contributed by atoms with Crippen molar-refractivity contribution < 1.29 is 14.6 Å². The molecule has 1 aromatic heterocycles. The molecule has 0 atom stereocenters. The van der Waals surface area contributed by atoms with E-state index < -0.39 is 0 Å². The lowest BCUT2D eigenvalue weighted by atomic mass is 10.0. The van der Waals surface area contributed by atoms with E-state index in [1.807, 2.05) is 6.92 Å². The minimum Gasteiger partial charge on any atom is -0.477 e. The van der Waals surface area contributed by atoms with Crippen LogP contribution in [0.15, 0.2) is 6.20 Å². The summed E-state index contributed by atoms with van der Waals surface area (Å²) in [6, 6.07) is 0. The van der Waals surface area contributed by atoms with Gasteiger partial charge in [0, 0.05) is 24.8 Å². The van der Waals surface area contributed by atoms with Gasteiger partial charge in [-0.1, -0.05) is 0 Å². The number of nitrogens with zero attached hydrogens (tertiary/aromatic N) is 1. The van der Waals surface area contributed by atoms with Crippen molar-refractivity contribution >= 4 is 11.6 Å². The Kier molecular flexibility index (Phi) is 4.15. The van der Waals surface area contributed by atoms with Gasteiger partial charge in [-0.25, -0.2) is 4.98 Å². The van der Waals surface area contributed by atoms with E-state index in [0.29, 0.717) is 18.9 Å². The number of aliphatic hydroxyl groups excluding tert-OH is 1. The van der Waals surface area contributed by atoms with Crippen molar-refractivity contribution in [1.29, 1.82) is 0 Å². The monoisotopic (exact) mass is 250 g/mol. The highest BCUT2D eigenvalue weighted by Gasteiger charge is 2.19. The van der Waals surface area contributed by atoms with Crippen molar-refractivity contribution in [1.82, 2.24) is 4.98 Å². The largest absolute Gasteiger partial charge is 0.477 e. The van der Waals surface area contributed by atoms with Crippen molar-refractivity contribution in [3.63, 3.8) is 0 Å². The molecule has 0 saturated heterocycles. The molecule has 5 nitrogen and oxygen atoms in total. The molecule has 2 heterocycles. The standard InChI is InChI=1S/C13H18N2O3/c1-9-12-10(4-5-11(17)15-12)8-14-13(9)18-7-3-2-6-16/h8,16H,2-7H2,1H3,(H,15,17). The number of pyridine rings is 1. The van der Waals surface area contributed by atoms with Crippen molar-refractivity contribution in [3.8, 4) is 5.88 Å². The van der Waals surface area contributed by atoms with E-state index in [1.54, 1.807) is 6.20 Å². The van der Waals surface area contributed by atoms with E-state index in [4.69, 9.17) is 9.84 Å². The highest BCUT2D eigenvalue weighted by molar-refractivity contribution is 5.95. The van der Waals surface area contributed by atoms with Gasteiger partial charge in [-0.3, -0.25) is 4.79 Å². The molecule has 5 heteroatoms. The first kappa shape index (κ1) is 12.8. The third-order valence-corrected chi connectivity index (χ3v) is 3.03. The van der Waals surface area contributed by atoms with Gasteiger partial charge in [0.25, 0.3) is 0 Å². The van der Waals surface area contributed by atoms with Crippen LogP contribution in [0.2, 0.25) is 0 Å². The van der Waals surface area contributed by atoms with Crippen LogP contribution in [-0.2, 0) is 11.2 Å². The number of aromatic nitrogens is 1. The highest BCUT2D eigenvalue weighted by atomic mass is 16.5. The lowest BCUT2D eigenvalue weighted by Gasteiger charge is -2.20. The summed E-state index contributed by atoms with van der Waals surface area (Å²) in [6.45, 7) is 2.61. The van der Waals surface area contributed by atoms with Crippen LogP contribution in [0.5, 0.6) is 5.88 Å². The lowest BCUT2D eigenvalue weighted by molar-refractivity contribution is -0.116. The number of unbranched alkanes of at least 4 members (excludes halogenated alkanes) is 1. The number of anilines is 1. The summed E-state index contributed by atoms with van der Waals surface area (Å²) in [5.74, 6) is 0.608. The summed E-state index contributed by atoms with van der Waals surface area (Å²) >= 11 is 0. The molecule has 0 spiro atoms. The van der Waals surface area contributed by atoms with Gasteiger partial charge in [0.05, 0.1) is 12.3 Å². The van der Waals surface area contributed by atoms with Gasteiger partial charge in [-0.2, -0.15) is 0 Å². The summed E-state index contributed by atoms with van der Waals surface area (Å²) in [5.41, 5.74) is 2.79. The van der Waals surface area contributed by atoms with Crippen LogP contribution in [0.1, 0.15) is 30.4 Å². The highest BCUT2D eigenvalue weighted by Crippen LogP contribution is 2.30. The maximum absolute atomic E-state index is 11.4. The molecule has 1 aromatic rings. The number of ether oxygens (including phenoxy) is 1. The summed E-state index contributed by atoms with van der Waals surface area (Å²) in [7, 11) is 0. The van der Waals surface area contributed by atoms with E-state index >= 15 is 0 Å². The maximum Gasteiger partial charge on any atom is 0.224 e. The third kappa shape index (κ3) is 2.79. The molecule has 1 aliphatic heterocycles. The molecule has 98 valence electrons. The van der Waals surface area contributed by atoms with Crippen molar-refractivity contribution in [3.05, 3.63) is 17.3 Å². The van der Waals surface area contributed by atoms with Crippen LogP contribution in [0, 0.1) is 6.92 Å². The zero-order valence-corrected chi connectivity index (χ0v) is 10.5. The van der Waals surface area contributed by atoms with Crippen molar-refractivity contribution in [2.24, 2.45) is 0 Å². The van der Waals surface area contributed by atoms with Crippen LogP contribution < -0.4 is 10.1 Å². The Bertz CT molecular complexity index is 446. The van der Waals surface area contributed by atoms with Crippen LogP contribution >= 0.6 is 0 Å². The summed E-state index contributed by atoms with van der Waals surface area (Å²) in [6.07, 6.45) is 4.54. The Hall–Kier alpha value is -1.62. The first-order valence-electron chi connectivity index (χ1n) is 6.24. The fourth-order valence-electron chi connectivity index (χ4n) is 1.99. The van der Waals surface area contributed by atoms with Gasteiger partial charge < -0.3 is 15.2 Å². The SMILES string of the molecule is Cc1c(OCCCCO)ncc2c1NC(=O)CC2. The minimum absolute atomic E-state index is 0.0445. The van der Waals surface area contributed by atoms with Crippen LogP contribution in [0.4, 0.5) is 5.69 Å². The molecule has 2 rings (SSSR count). The summed E-state index contributed by atoms with van der Waals surface area (Å²) in [5, 5.41) is 11.6. The molecule has 0 saturated carbocycles. The van der Waals surface area contributed by atoms with E-state index in [0.717, 1.165) is 36.1 Å². The van der Waals surface area contributed by atoms with Crippen molar-refractivity contribution in [2.45, 2.75) is 32.6 Å². The topological polar surface area (TPSA) is 71.5 Å². The van der Waals surface area contributed by atoms with Crippen LogP contribution in [0.3, 0.4) is 0 Å². The number of fused-ring (bicyclic) bond motifs is 1. The maximum atomic E-state index is 11.4. The molecular formula is C13H18N2O3. The molecule has 1 aliphatic rings. The Balaban J connectivity index is 2.08. The minimum atomic E-state index is 0.0445. The molecular weight excluding hydrogens is 232 g/mol. The average molecular weight is 250 g/mol. The van der Waals surface area contributed by atoms with Crippen LogP contribution in [0.25, 0.3) is 0 Å². The number of nitrogens with one attached hydrogen (secondary N) is 1. The number of hydrogen-bond acceptors (Lipinski definition) is 4. The van der Waals surface area contributed by atoms with E-state index in [1.165, 1.54) is 0 Å². The van der Waals surface area contributed by atoms with Gasteiger partial charge in [0.15, 0.2) is 0 Å². The fourth-order valence-corrected chi connectivity index (χ4v) is 1.99. The van der Waals surface area contributed by atoms with E-state index in [9.17, 15) is 4.79 Å². The molecule has 1 amide bonds. The Morgan fingerprint density at radius 2 is 2.28 bits per heavy atom. The number of aliphatic hydroxyl groups is 1. The molecule has 0 radical (unpaired) electrons. The summed E-state index contributed by atoms with van der Waals surface area (Å²) in [4.78, 5) is 15.7. The second-order valence-corrected chi connectivity index (χ2v) is 4.42. The predicted octanol–water partition coefficient (Wildman–Crippen LogP) is 1.43. The van der Waals surface area contributed by atoms with Crippen LogP contribution in [-0.4, -0.2) is 29.2 Å². The molecule has 0 fully saturated rings. The Labute approximate surface area is 106 Å². The quantitative estimate of drug-likeness (QED) is 0.775. The Morgan fingerprint density at radius 1 is 1.44 bits per heavy atom. The van der Waals surface area contributed by atoms with Gasteiger partial charge >= 0.3 is 0 Å². The van der Waals surface area contributed by atoms with Gasteiger partial charge in [0.1, 0.15) is 0 Å². The number of carbonyl (C=O) groups is 1. The number of hydrogen-bond donors (Lipinski definition) is 2. The first-order valence-corrected chi connectivity index (χ1v) is 6.24. The molecule has 0 unspecified atom stereocenters. The Morgan fingerprint density at radius 3 is 3.06 bits per heavy atom. The lowest BCUT2D eigenvalue weighted by Crippen LogP contribution is -2.20. The number of amides is 1. The second-order valence-electron chi connectivity index (χ2n) is 4.42. The average Bonchev–Trinajstić information content (AvgIpc) is 2.38. The van der Waals surface area contributed by atoms with Gasteiger partial charge in [0.2, 0.25) is 11.8 Å². The molecule has 0 aromatic carbocycles. The third-order valence-electron chi connectivity index (χ3n) is 3.03. The summed E-state index contributed by atoms with van der Waals surface area (Å²) < 4.78 is 5.57. The normalized spacial score (nSPS) is 14.0. The number of rotatable bonds is 5. The second kappa shape index (κ2) is 5.82. The van der Waals surface area contributed by atoms with E-state index in [2.05, 4.69) is 10.3 Å². The molecule has 0 aliphatic carbocycles. The van der Waals surface area contributed by atoms with Crippen molar-refractivity contribution in [2.75, 3.05) is 18.5 Å².